The van der Waals surface area contributed by atoms with E-state index in [-0.39, 0.29) is 6.04 Å². The van der Waals surface area contributed by atoms with Gasteiger partial charge in [-0.3, -0.25) is 9.88 Å². The molecule has 0 saturated carbocycles. The van der Waals surface area contributed by atoms with Crippen molar-refractivity contribution in [3.05, 3.63) is 30.1 Å². The van der Waals surface area contributed by atoms with Crippen molar-refractivity contribution in [2.45, 2.75) is 31.4 Å². The molecule has 8 heteroatoms. The zero-order valence-electron chi connectivity index (χ0n) is 12.8. The molecule has 0 radical (unpaired) electrons. The number of hydrogen-bond donors (Lipinski definition) is 3. The standard InChI is InChI=1S/C15H22F2N4O2/c16-15(17,11-22)10-19-14(23)20-12-4-7-21(8-5-12)9-13-3-1-2-6-18-13/h1-3,6,12,22H,4-5,7-11H2,(H2,19,20,23). The smallest absolute Gasteiger partial charge is 0.315 e. The third kappa shape index (κ3) is 6.07. The van der Waals surface area contributed by atoms with E-state index in [9.17, 15) is 13.6 Å². The van der Waals surface area contributed by atoms with Crippen molar-refractivity contribution in [3.8, 4) is 0 Å². The van der Waals surface area contributed by atoms with Gasteiger partial charge in [0.25, 0.3) is 5.92 Å². The molecule has 1 aliphatic rings. The highest BCUT2D eigenvalue weighted by Crippen LogP contribution is 2.13. The number of nitrogens with zero attached hydrogens (tertiary/aromatic N) is 2. The third-order valence-electron chi connectivity index (χ3n) is 3.77. The first-order chi connectivity index (χ1) is 11.0. The summed E-state index contributed by atoms with van der Waals surface area (Å²) in [6, 6.07) is 5.14. The number of halogens is 2. The van der Waals surface area contributed by atoms with Gasteiger partial charge in [0.15, 0.2) is 0 Å². The number of rotatable bonds is 6. The van der Waals surface area contributed by atoms with Gasteiger partial charge >= 0.3 is 6.03 Å². The lowest BCUT2D eigenvalue weighted by atomic mass is 10.1. The summed E-state index contributed by atoms with van der Waals surface area (Å²) in [5.41, 5.74) is 1.00. The molecule has 1 aromatic rings. The van der Waals surface area contributed by atoms with Crippen LogP contribution in [0, 0.1) is 0 Å². The van der Waals surface area contributed by atoms with Gasteiger partial charge in [0.05, 0.1) is 12.2 Å². The predicted octanol–water partition coefficient (Wildman–Crippen LogP) is 0.973. The van der Waals surface area contributed by atoms with Gasteiger partial charge in [-0.1, -0.05) is 6.07 Å². The van der Waals surface area contributed by atoms with Crippen LogP contribution in [0.1, 0.15) is 18.5 Å². The molecule has 1 aliphatic heterocycles. The summed E-state index contributed by atoms with van der Waals surface area (Å²) in [7, 11) is 0. The van der Waals surface area contributed by atoms with E-state index in [2.05, 4.69) is 20.5 Å². The van der Waals surface area contributed by atoms with Gasteiger partial charge in [0, 0.05) is 31.9 Å². The molecule has 2 heterocycles. The number of aromatic nitrogens is 1. The summed E-state index contributed by atoms with van der Waals surface area (Å²) in [5.74, 6) is -3.29. The summed E-state index contributed by atoms with van der Waals surface area (Å²) in [4.78, 5) is 18.1. The quantitative estimate of drug-likeness (QED) is 0.727. The lowest BCUT2D eigenvalue weighted by Crippen LogP contribution is -2.50. The van der Waals surface area contributed by atoms with Crippen LogP contribution in [-0.2, 0) is 6.54 Å². The average Bonchev–Trinajstić information content (AvgIpc) is 2.56. The molecule has 1 fully saturated rings. The zero-order valence-corrected chi connectivity index (χ0v) is 12.8. The van der Waals surface area contributed by atoms with Crippen molar-refractivity contribution in [2.24, 2.45) is 0 Å². The fraction of sp³-hybridized carbons (Fsp3) is 0.600. The minimum atomic E-state index is -3.29. The Balaban J connectivity index is 1.67. The van der Waals surface area contributed by atoms with E-state index in [0.29, 0.717) is 0 Å². The largest absolute Gasteiger partial charge is 0.390 e. The van der Waals surface area contributed by atoms with Gasteiger partial charge in [0.2, 0.25) is 0 Å². The van der Waals surface area contributed by atoms with Gasteiger partial charge < -0.3 is 15.7 Å². The summed E-state index contributed by atoms with van der Waals surface area (Å²) in [6.45, 7) is 0.248. The van der Waals surface area contributed by atoms with Crippen molar-refractivity contribution in [2.75, 3.05) is 26.2 Å². The lowest BCUT2D eigenvalue weighted by molar-refractivity contribution is -0.0454. The molecular formula is C15H22F2N4O2. The molecule has 0 atom stereocenters. The molecule has 2 amide bonds. The normalized spacial score (nSPS) is 17.0. The highest BCUT2D eigenvalue weighted by Gasteiger charge is 2.29. The van der Waals surface area contributed by atoms with Crippen molar-refractivity contribution >= 4 is 6.03 Å². The topological polar surface area (TPSA) is 77.5 Å². The molecule has 0 aromatic carbocycles. The van der Waals surface area contributed by atoms with Crippen LogP contribution in [-0.4, -0.2) is 59.2 Å². The number of carbonyl (C=O) groups is 1. The Labute approximate surface area is 133 Å². The van der Waals surface area contributed by atoms with Crippen LogP contribution < -0.4 is 10.6 Å². The third-order valence-corrected chi connectivity index (χ3v) is 3.77. The van der Waals surface area contributed by atoms with E-state index >= 15 is 0 Å². The maximum absolute atomic E-state index is 12.8. The number of hydrogen-bond acceptors (Lipinski definition) is 4. The number of urea groups is 1. The number of carbonyl (C=O) groups excluding carboxylic acids is 1. The molecule has 0 bridgehead atoms. The highest BCUT2D eigenvalue weighted by molar-refractivity contribution is 5.74. The van der Waals surface area contributed by atoms with Crippen LogP contribution in [0.4, 0.5) is 13.6 Å². The molecule has 23 heavy (non-hydrogen) atoms. The number of aliphatic hydroxyl groups is 1. The molecule has 3 N–H and O–H groups in total. The molecule has 128 valence electrons. The molecule has 6 nitrogen and oxygen atoms in total. The van der Waals surface area contributed by atoms with E-state index in [1.165, 1.54) is 0 Å². The second-order valence-electron chi connectivity index (χ2n) is 5.71. The van der Waals surface area contributed by atoms with Crippen molar-refractivity contribution in [3.63, 3.8) is 0 Å². The van der Waals surface area contributed by atoms with Crippen molar-refractivity contribution < 1.29 is 18.7 Å². The molecule has 2 rings (SSSR count). The maximum Gasteiger partial charge on any atom is 0.315 e. The summed E-state index contributed by atoms with van der Waals surface area (Å²) >= 11 is 0. The van der Waals surface area contributed by atoms with E-state index in [0.717, 1.165) is 38.2 Å². The average molecular weight is 328 g/mol. The monoisotopic (exact) mass is 328 g/mol. The maximum atomic E-state index is 12.8. The molecule has 1 aromatic heterocycles. The first kappa shape index (κ1) is 17.6. The van der Waals surface area contributed by atoms with Gasteiger partial charge in [-0.2, -0.15) is 0 Å². The second kappa shape index (κ2) is 8.16. The second-order valence-corrected chi connectivity index (χ2v) is 5.71. The van der Waals surface area contributed by atoms with E-state index < -0.39 is 25.1 Å². The van der Waals surface area contributed by atoms with Crippen LogP contribution in [0.3, 0.4) is 0 Å². The van der Waals surface area contributed by atoms with Gasteiger partial charge in [-0.05, 0) is 25.0 Å². The summed E-state index contributed by atoms with van der Waals surface area (Å²) in [5, 5.41) is 13.2. The number of piperidine rings is 1. The fourth-order valence-corrected chi connectivity index (χ4v) is 2.46. The zero-order chi connectivity index (χ0) is 16.7. The van der Waals surface area contributed by atoms with E-state index in [4.69, 9.17) is 5.11 Å². The Hall–Kier alpha value is -1.80. The highest BCUT2D eigenvalue weighted by atomic mass is 19.3. The molecule has 0 spiro atoms. The Bertz CT molecular complexity index is 494. The van der Waals surface area contributed by atoms with Gasteiger partial charge in [-0.25, -0.2) is 13.6 Å². The molecular weight excluding hydrogens is 306 g/mol. The minimum absolute atomic E-state index is 0.0299. The van der Waals surface area contributed by atoms with Crippen molar-refractivity contribution in [1.29, 1.82) is 0 Å². The van der Waals surface area contributed by atoms with E-state index in [1.54, 1.807) is 6.20 Å². The number of amides is 2. The Kier molecular flexibility index (Phi) is 6.23. The van der Waals surface area contributed by atoms with Crippen LogP contribution in [0.25, 0.3) is 0 Å². The van der Waals surface area contributed by atoms with Crippen LogP contribution in [0.2, 0.25) is 0 Å². The number of alkyl halides is 2. The number of nitrogens with one attached hydrogen (secondary N) is 2. The Morgan fingerprint density at radius 3 is 2.74 bits per heavy atom. The number of likely N-dealkylation sites (tertiary alicyclic amines) is 1. The number of aliphatic hydroxyl groups excluding tert-OH is 1. The fourth-order valence-electron chi connectivity index (χ4n) is 2.46. The Morgan fingerprint density at radius 1 is 1.39 bits per heavy atom. The summed E-state index contributed by atoms with van der Waals surface area (Å²) in [6.07, 6.45) is 3.28. The van der Waals surface area contributed by atoms with Crippen LogP contribution in [0.15, 0.2) is 24.4 Å². The first-order valence-corrected chi connectivity index (χ1v) is 7.64. The first-order valence-electron chi connectivity index (χ1n) is 7.64. The predicted molar refractivity (Wildman–Crippen MR) is 81.1 cm³/mol. The summed E-state index contributed by atoms with van der Waals surface area (Å²) < 4.78 is 25.7. The van der Waals surface area contributed by atoms with Crippen LogP contribution in [0.5, 0.6) is 0 Å². The van der Waals surface area contributed by atoms with Crippen LogP contribution >= 0.6 is 0 Å². The molecule has 0 aliphatic carbocycles. The van der Waals surface area contributed by atoms with Crippen molar-refractivity contribution in [1.82, 2.24) is 20.5 Å². The minimum Gasteiger partial charge on any atom is -0.390 e. The SMILES string of the molecule is O=C(NCC(F)(F)CO)NC1CCN(Cc2ccccn2)CC1. The Morgan fingerprint density at radius 2 is 2.13 bits per heavy atom. The number of pyridine rings is 1. The lowest BCUT2D eigenvalue weighted by Gasteiger charge is -2.32. The van der Waals surface area contributed by atoms with Gasteiger partial charge in [0.1, 0.15) is 6.61 Å². The van der Waals surface area contributed by atoms with Gasteiger partial charge in [-0.15, -0.1) is 0 Å². The molecule has 1 saturated heterocycles. The van der Waals surface area contributed by atoms with E-state index in [1.807, 2.05) is 18.2 Å². The molecule has 0 unspecified atom stereocenters.